The van der Waals surface area contributed by atoms with Gasteiger partial charge in [-0.3, -0.25) is 0 Å². The fourth-order valence-electron chi connectivity index (χ4n) is 1.89. The predicted molar refractivity (Wildman–Crippen MR) is 61.0 cm³/mol. The summed E-state index contributed by atoms with van der Waals surface area (Å²) in [6.45, 7) is 0. The van der Waals surface area contributed by atoms with Gasteiger partial charge in [-0.2, -0.15) is 0 Å². The van der Waals surface area contributed by atoms with E-state index < -0.39 is 10.2 Å². The van der Waals surface area contributed by atoms with Gasteiger partial charge in [-0.05, 0) is 24.3 Å². The minimum atomic E-state index is -4.94. The van der Waals surface area contributed by atoms with Crippen molar-refractivity contribution in [2.45, 2.75) is 0 Å². The molecule has 0 atom stereocenters. The van der Waals surface area contributed by atoms with Crippen LogP contribution in [0.3, 0.4) is 0 Å². The van der Waals surface area contributed by atoms with E-state index in [0.717, 1.165) is 22.9 Å². The molecule has 0 unspecified atom stereocenters. The molecule has 1 aliphatic heterocycles. The number of benzene rings is 2. The molecule has 0 saturated heterocycles. The lowest BCUT2D eigenvalue weighted by Crippen LogP contribution is -2.68. The van der Waals surface area contributed by atoms with Crippen LogP contribution >= 0.6 is 0 Å². The molecule has 6 nitrogen and oxygen atoms in total. The van der Waals surface area contributed by atoms with Crippen LogP contribution in [0.4, 0.5) is 11.4 Å². The molecule has 2 aromatic carbocycles. The second-order valence-corrected chi connectivity index (χ2v) is 4.73. The Morgan fingerprint density at radius 1 is 0.800 bits per heavy atom. The summed E-state index contributed by atoms with van der Waals surface area (Å²) in [6.07, 6.45) is 0. The summed E-state index contributed by atoms with van der Waals surface area (Å²) in [5.74, 6) is 1.83. The van der Waals surface area contributed by atoms with Crippen LogP contribution in [0.25, 0.3) is 0 Å². The summed E-state index contributed by atoms with van der Waals surface area (Å²) >= 11 is 0. The van der Waals surface area contributed by atoms with Gasteiger partial charge < -0.3 is 9.64 Å². The monoisotopic (exact) mass is 296 g/mol. The van der Waals surface area contributed by atoms with Crippen LogP contribution in [0, 0.1) is 10.2 Å². The SMILES string of the molecule is CN1c2ccccc2Oc2ccccc21.[O-][Cl+3]([O-])([O-])[O-]. The Morgan fingerprint density at radius 3 is 1.55 bits per heavy atom. The van der Waals surface area contributed by atoms with Gasteiger partial charge in [0.05, 0.1) is 11.4 Å². The molecule has 0 aliphatic carbocycles. The van der Waals surface area contributed by atoms with Gasteiger partial charge in [0, 0.05) is 7.05 Å². The van der Waals surface area contributed by atoms with Gasteiger partial charge in [-0.1, -0.05) is 24.3 Å². The molecule has 1 aliphatic rings. The Morgan fingerprint density at radius 2 is 1.15 bits per heavy atom. The van der Waals surface area contributed by atoms with Crippen LogP contribution in [-0.4, -0.2) is 7.05 Å². The van der Waals surface area contributed by atoms with E-state index in [1.54, 1.807) is 0 Å². The second-order valence-electron chi connectivity index (χ2n) is 3.97. The van der Waals surface area contributed by atoms with Crippen LogP contribution in [0.15, 0.2) is 48.5 Å². The third-order valence-corrected chi connectivity index (χ3v) is 2.67. The molecule has 2 aromatic rings. The van der Waals surface area contributed by atoms with Crippen molar-refractivity contribution in [1.82, 2.24) is 0 Å². The predicted octanol–water partition coefficient (Wildman–Crippen LogP) is -1.20. The zero-order valence-electron chi connectivity index (χ0n) is 10.5. The standard InChI is InChI=1S/C13H11NO.ClHO4/c1-14-10-6-2-4-8-12(10)15-13-9-5-3-7-11(13)14;2-1(3,4)5/h2-9H,1H3;(H,2,3,4,5)/p-1. The number of nitrogens with zero attached hydrogens (tertiary/aromatic N) is 1. The van der Waals surface area contributed by atoms with Crippen molar-refractivity contribution in [3.8, 4) is 11.5 Å². The number of para-hydroxylation sites is 4. The summed E-state index contributed by atoms with van der Waals surface area (Å²) in [5, 5.41) is 0. The number of halogens is 1. The first-order valence-electron chi connectivity index (χ1n) is 5.57. The van der Waals surface area contributed by atoms with Crippen LogP contribution in [0.5, 0.6) is 11.5 Å². The van der Waals surface area contributed by atoms with E-state index >= 15 is 0 Å². The zero-order valence-corrected chi connectivity index (χ0v) is 11.2. The maximum absolute atomic E-state index is 8.49. The average Bonchev–Trinajstić information content (AvgIpc) is 2.37. The number of ether oxygens (including phenoxy) is 1. The Hall–Kier alpha value is -1.83. The van der Waals surface area contributed by atoms with Gasteiger partial charge >= 0.3 is 0 Å². The van der Waals surface area contributed by atoms with Crippen molar-refractivity contribution in [3.05, 3.63) is 48.5 Å². The molecule has 0 fully saturated rings. The van der Waals surface area contributed by atoms with E-state index in [-0.39, 0.29) is 0 Å². The Labute approximate surface area is 117 Å². The second kappa shape index (κ2) is 5.66. The molecular weight excluding hydrogens is 286 g/mol. The maximum atomic E-state index is 8.49. The lowest BCUT2D eigenvalue weighted by atomic mass is 10.2. The fraction of sp³-hybridized carbons (Fsp3) is 0.0769. The molecule has 0 spiro atoms. The molecule has 106 valence electrons. The highest BCUT2D eigenvalue weighted by molar-refractivity contribution is 5.76. The van der Waals surface area contributed by atoms with E-state index in [9.17, 15) is 0 Å². The number of hydrogen-bond acceptors (Lipinski definition) is 6. The molecule has 0 aromatic heterocycles. The minimum Gasteiger partial charge on any atom is -0.453 e. The number of anilines is 2. The first-order chi connectivity index (χ1) is 9.36. The normalized spacial score (nSPS) is 12.6. The first kappa shape index (κ1) is 14.6. The number of rotatable bonds is 0. The third-order valence-electron chi connectivity index (χ3n) is 2.67. The first-order valence-corrected chi connectivity index (χ1v) is 6.81. The van der Waals surface area contributed by atoms with Crippen molar-refractivity contribution in [3.63, 3.8) is 0 Å². The van der Waals surface area contributed by atoms with Crippen molar-refractivity contribution in [2.75, 3.05) is 11.9 Å². The Balaban J connectivity index is 0.000000257. The maximum Gasteiger partial charge on any atom is 0.151 e. The zero-order chi connectivity index (χ0) is 14.8. The summed E-state index contributed by atoms with van der Waals surface area (Å²) in [6, 6.07) is 16.1. The third kappa shape index (κ3) is 3.60. The van der Waals surface area contributed by atoms with Crippen molar-refractivity contribution in [2.24, 2.45) is 0 Å². The molecular formula is C13H11ClNO5-. The van der Waals surface area contributed by atoms with Gasteiger partial charge in [-0.15, -0.1) is 10.2 Å². The fourth-order valence-corrected chi connectivity index (χ4v) is 1.89. The van der Waals surface area contributed by atoms with E-state index in [1.807, 2.05) is 36.4 Å². The van der Waals surface area contributed by atoms with E-state index in [2.05, 4.69) is 24.1 Å². The molecule has 0 radical (unpaired) electrons. The molecule has 3 rings (SSSR count). The van der Waals surface area contributed by atoms with E-state index in [4.69, 9.17) is 23.4 Å². The van der Waals surface area contributed by atoms with Gasteiger partial charge in [0.2, 0.25) is 0 Å². The molecule has 0 N–H and O–H groups in total. The Kier molecular flexibility index (Phi) is 4.12. The highest BCUT2D eigenvalue weighted by Gasteiger charge is 2.19. The topological polar surface area (TPSA) is 105 Å². The number of hydrogen-bond donors (Lipinski definition) is 0. The van der Waals surface area contributed by atoms with Gasteiger partial charge in [0.15, 0.2) is 11.5 Å². The smallest absolute Gasteiger partial charge is 0.151 e. The van der Waals surface area contributed by atoms with Crippen LogP contribution in [0.1, 0.15) is 0 Å². The summed E-state index contributed by atoms with van der Waals surface area (Å²) in [7, 11) is -2.89. The van der Waals surface area contributed by atoms with E-state index in [0.29, 0.717) is 0 Å². The molecule has 0 bridgehead atoms. The summed E-state index contributed by atoms with van der Waals surface area (Å²) in [5.41, 5.74) is 2.22. The lowest BCUT2D eigenvalue weighted by Gasteiger charge is -2.29. The molecule has 0 saturated carbocycles. The van der Waals surface area contributed by atoms with Gasteiger partial charge in [0.1, 0.15) is 0 Å². The average molecular weight is 297 g/mol. The highest BCUT2D eigenvalue weighted by Crippen LogP contribution is 2.44. The molecule has 20 heavy (non-hydrogen) atoms. The van der Waals surface area contributed by atoms with Crippen molar-refractivity contribution < 1.29 is 33.6 Å². The van der Waals surface area contributed by atoms with Crippen LogP contribution in [0.2, 0.25) is 0 Å². The highest BCUT2D eigenvalue weighted by atomic mass is 35.7. The van der Waals surface area contributed by atoms with Gasteiger partial charge in [-0.25, -0.2) is 18.6 Å². The quantitative estimate of drug-likeness (QED) is 0.605. The Bertz CT molecular complexity index is 548. The summed E-state index contributed by atoms with van der Waals surface area (Å²) < 4.78 is 39.8. The largest absolute Gasteiger partial charge is 0.453 e. The lowest BCUT2D eigenvalue weighted by molar-refractivity contribution is -2.00. The van der Waals surface area contributed by atoms with Crippen molar-refractivity contribution >= 4 is 11.4 Å². The molecule has 7 heteroatoms. The van der Waals surface area contributed by atoms with Gasteiger partial charge in [0.25, 0.3) is 0 Å². The minimum absolute atomic E-state index is 0.915. The summed E-state index contributed by atoms with van der Waals surface area (Å²) in [4.78, 5) is 2.15. The molecule has 1 heterocycles. The number of fused-ring (bicyclic) bond motifs is 2. The van der Waals surface area contributed by atoms with E-state index in [1.165, 1.54) is 0 Å². The van der Waals surface area contributed by atoms with Crippen LogP contribution in [-0.2, 0) is 0 Å². The molecule has 0 amide bonds. The van der Waals surface area contributed by atoms with Crippen LogP contribution < -0.4 is 28.3 Å². The van der Waals surface area contributed by atoms with Crippen molar-refractivity contribution in [1.29, 1.82) is 0 Å².